The highest BCUT2D eigenvalue weighted by atomic mass is 35.5. The van der Waals surface area contributed by atoms with Crippen molar-refractivity contribution in [3.8, 4) is 17.2 Å². The summed E-state index contributed by atoms with van der Waals surface area (Å²) in [5.74, 6) is 1.17. The van der Waals surface area contributed by atoms with E-state index >= 15 is 0 Å². The molecule has 0 aliphatic rings. The molecule has 1 heterocycles. The molecule has 0 spiro atoms. The molecule has 4 aromatic rings. The number of para-hydroxylation sites is 1. The van der Waals surface area contributed by atoms with Crippen LogP contribution in [0.1, 0.15) is 0 Å². The lowest BCUT2D eigenvalue weighted by atomic mass is 10.1. The number of amides is 1. The number of fused-ring (bicyclic) bond motifs is 3. The van der Waals surface area contributed by atoms with E-state index in [9.17, 15) is 4.79 Å². The van der Waals surface area contributed by atoms with Crippen LogP contribution in [0.3, 0.4) is 0 Å². The molecule has 1 aromatic heterocycles. The summed E-state index contributed by atoms with van der Waals surface area (Å²) in [5, 5.41) is 5.37. The normalized spacial score (nSPS) is 10.9. The van der Waals surface area contributed by atoms with Crippen LogP contribution >= 0.6 is 11.6 Å². The molecule has 1 amide bonds. The van der Waals surface area contributed by atoms with Crippen LogP contribution < -0.4 is 19.5 Å². The molecule has 6 nitrogen and oxygen atoms in total. The summed E-state index contributed by atoms with van der Waals surface area (Å²) in [6.45, 7) is -0.154. The first-order chi connectivity index (χ1) is 14.1. The third-order valence-electron chi connectivity index (χ3n) is 4.60. The van der Waals surface area contributed by atoms with E-state index in [0.29, 0.717) is 28.0 Å². The van der Waals surface area contributed by atoms with Crippen molar-refractivity contribution in [2.75, 3.05) is 26.1 Å². The number of anilines is 1. The second-order valence-corrected chi connectivity index (χ2v) is 6.81. The maximum absolute atomic E-state index is 12.4. The minimum absolute atomic E-state index is 0.154. The standard InChI is InChI=1S/C22H19ClN2O4/c1-27-20-11-21(28-2)19(10-16(20)23)25-22(26)12-29-13-7-8-15-14-5-3-4-6-17(14)24-18(15)9-13/h3-11,24H,12H2,1-2H3,(H,25,26). The van der Waals surface area contributed by atoms with Gasteiger partial charge in [-0.2, -0.15) is 0 Å². The van der Waals surface area contributed by atoms with Crippen molar-refractivity contribution in [1.82, 2.24) is 4.98 Å². The molecule has 0 radical (unpaired) electrons. The van der Waals surface area contributed by atoms with Crippen LogP contribution in [0.2, 0.25) is 5.02 Å². The number of rotatable bonds is 6. The average molecular weight is 411 g/mol. The number of hydrogen-bond donors (Lipinski definition) is 2. The van der Waals surface area contributed by atoms with Gasteiger partial charge >= 0.3 is 0 Å². The van der Waals surface area contributed by atoms with Crippen molar-refractivity contribution in [3.05, 3.63) is 59.6 Å². The first kappa shape index (κ1) is 19.0. The Morgan fingerprint density at radius 1 is 0.966 bits per heavy atom. The number of carbonyl (C=O) groups excluding carboxylic acids is 1. The first-order valence-electron chi connectivity index (χ1n) is 8.93. The van der Waals surface area contributed by atoms with E-state index in [4.69, 9.17) is 25.8 Å². The average Bonchev–Trinajstić information content (AvgIpc) is 3.10. The fraction of sp³-hybridized carbons (Fsp3) is 0.136. The maximum Gasteiger partial charge on any atom is 0.262 e. The second-order valence-electron chi connectivity index (χ2n) is 6.40. The van der Waals surface area contributed by atoms with Crippen LogP contribution in [-0.4, -0.2) is 31.7 Å². The molecule has 0 aliphatic heterocycles. The molecular formula is C22H19ClN2O4. The van der Waals surface area contributed by atoms with E-state index in [2.05, 4.69) is 16.4 Å². The Morgan fingerprint density at radius 2 is 1.72 bits per heavy atom. The van der Waals surface area contributed by atoms with E-state index in [1.165, 1.54) is 14.2 Å². The molecule has 0 unspecified atom stereocenters. The van der Waals surface area contributed by atoms with Crippen LogP contribution in [0, 0.1) is 0 Å². The number of carbonyl (C=O) groups is 1. The predicted octanol–water partition coefficient (Wildman–Crippen LogP) is 5.01. The van der Waals surface area contributed by atoms with Gasteiger partial charge in [0, 0.05) is 28.4 Å². The van der Waals surface area contributed by atoms with E-state index in [1.807, 2.05) is 36.4 Å². The fourth-order valence-corrected chi connectivity index (χ4v) is 3.46. The molecule has 3 aromatic carbocycles. The van der Waals surface area contributed by atoms with Crippen LogP contribution in [0.15, 0.2) is 54.6 Å². The summed E-state index contributed by atoms with van der Waals surface area (Å²) in [6.07, 6.45) is 0. The summed E-state index contributed by atoms with van der Waals surface area (Å²) < 4.78 is 16.1. The van der Waals surface area contributed by atoms with Crippen LogP contribution in [0.5, 0.6) is 17.2 Å². The van der Waals surface area contributed by atoms with Crippen molar-refractivity contribution in [2.45, 2.75) is 0 Å². The van der Waals surface area contributed by atoms with Gasteiger partial charge in [-0.25, -0.2) is 0 Å². The van der Waals surface area contributed by atoms with Gasteiger partial charge in [-0.15, -0.1) is 0 Å². The van der Waals surface area contributed by atoms with Gasteiger partial charge in [0.15, 0.2) is 6.61 Å². The lowest BCUT2D eigenvalue weighted by Gasteiger charge is -2.13. The third kappa shape index (κ3) is 3.79. The molecule has 148 valence electrons. The number of halogens is 1. The summed E-state index contributed by atoms with van der Waals surface area (Å²) in [7, 11) is 3.01. The SMILES string of the molecule is COc1cc(OC)c(NC(=O)COc2ccc3c(c2)[nH]c2ccccc23)cc1Cl. The number of aromatic amines is 1. The highest BCUT2D eigenvalue weighted by Crippen LogP contribution is 2.36. The summed E-state index contributed by atoms with van der Waals surface area (Å²) in [4.78, 5) is 15.7. The first-order valence-corrected chi connectivity index (χ1v) is 9.31. The van der Waals surface area contributed by atoms with Gasteiger partial charge in [-0.1, -0.05) is 29.8 Å². The molecule has 0 saturated carbocycles. The zero-order valence-corrected chi connectivity index (χ0v) is 16.7. The Labute approximate surface area is 172 Å². The number of nitrogens with one attached hydrogen (secondary N) is 2. The summed E-state index contributed by atoms with van der Waals surface area (Å²) >= 11 is 6.14. The number of benzene rings is 3. The van der Waals surface area contributed by atoms with Gasteiger partial charge < -0.3 is 24.5 Å². The van der Waals surface area contributed by atoms with Crippen LogP contribution in [-0.2, 0) is 4.79 Å². The van der Waals surface area contributed by atoms with Crippen molar-refractivity contribution in [3.63, 3.8) is 0 Å². The molecule has 4 rings (SSSR count). The number of methoxy groups -OCH3 is 2. The fourth-order valence-electron chi connectivity index (χ4n) is 3.22. The highest BCUT2D eigenvalue weighted by Gasteiger charge is 2.13. The Bertz CT molecular complexity index is 1200. The summed E-state index contributed by atoms with van der Waals surface area (Å²) in [5.41, 5.74) is 2.45. The Balaban J connectivity index is 1.47. The molecule has 0 fully saturated rings. The topological polar surface area (TPSA) is 72.6 Å². The molecule has 29 heavy (non-hydrogen) atoms. The molecule has 7 heteroatoms. The zero-order valence-electron chi connectivity index (χ0n) is 15.9. The van der Waals surface area contributed by atoms with E-state index in [-0.39, 0.29) is 12.5 Å². The van der Waals surface area contributed by atoms with Crippen molar-refractivity contribution >= 4 is 45.0 Å². The van der Waals surface area contributed by atoms with Gasteiger partial charge in [0.1, 0.15) is 17.2 Å². The smallest absolute Gasteiger partial charge is 0.262 e. The van der Waals surface area contributed by atoms with Gasteiger partial charge in [0.05, 0.1) is 30.4 Å². The van der Waals surface area contributed by atoms with Crippen LogP contribution in [0.25, 0.3) is 21.8 Å². The minimum Gasteiger partial charge on any atom is -0.495 e. The quantitative estimate of drug-likeness (QED) is 0.468. The van der Waals surface area contributed by atoms with Crippen molar-refractivity contribution < 1.29 is 19.0 Å². The molecular weight excluding hydrogens is 392 g/mol. The number of ether oxygens (including phenoxy) is 3. The number of aromatic nitrogens is 1. The molecule has 2 N–H and O–H groups in total. The highest BCUT2D eigenvalue weighted by molar-refractivity contribution is 6.32. The monoisotopic (exact) mass is 410 g/mol. The Kier molecular flexibility index (Phi) is 5.18. The third-order valence-corrected chi connectivity index (χ3v) is 4.89. The molecule has 0 aliphatic carbocycles. The lowest BCUT2D eigenvalue weighted by Crippen LogP contribution is -2.20. The zero-order chi connectivity index (χ0) is 20.4. The molecule has 0 atom stereocenters. The molecule has 0 bridgehead atoms. The van der Waals surface area contributed by atoms with E-state index < -0.39 is 0 Å². The lowest BCUT2D eigenvalue weighted by molar-refractivity contribution is -0.118. The summed E-state index contributed by atoms with van der Waals surface area (Å²) in [6, 6.07) is 17.0. The predicted molar refractivity (Wildman–Crippen MR) is 114 cm³/mol. The van der Waals surface area contributed by atoms with Gasteiger partial charge in [0.25, 0.3) is 5.91 Å². The Morgan fingerprint density at radius 3 is 2.52 bits per heavy atom. The Hall–Kier alpha value is -3.38. The van der Waals surface area contributed by atoms with E-state index in [1.54, 1.807) is 12.1 Å². The number of hydrogen-bond acceptors (Lipinski definition) is 4. The van der Waals surface area contributed by atoms with Crippen LogP contribution in [0.4, 0.5) is 5.69 Å². The second kappa shape index (κ2) is 7.93. The van der Waals surface area contributed by atoms with Gasteiger partial charge in [0.2, 0.25) is 0 Å². The van der Waals surface area contributed by atoms with E-state index in [0.717, 1.165) is 21.8 Å². The van der Waals surface area contributed by atoms with Gasteiger partial charge in [-0.3, -0.25) is 4.79 Å². The number of H-pyrrole nitrogens is 1. The van der Waals surface area contributed by atoms with Gasteiger partial charge in [-0.05, 0) is 24.3 Å². The van der Waals surface area contributed by atoms with Crippen molar-refractivity contribution in [1.29, 1.82) is 0 Å². The van der Waals surface area contributed by atoms with Crippen molar-refractivity contribution in [2.24, 2.45) is 0 Å². The maximum atomic E-state index is 12.4. The largest absolute Gasteiger partial charge is 0.495 e. The molecule has 0 saturated heterocycles. The minimum atomic E-state index is -0.332.